The molecular weight excluding hydrogens is 1120 g/mol. The fraction of sp³-hybridized carbons (Fsp3) is 0.190. The molecule has 0 bridgehead atoms. The number of oxazole rings is 2. The summed E-state index contributed by atoms with van der Waals surface area (Å²) in [4.78, 5) is 16.0. The quantitative estimate of drug-likeness (QED) is 0.125. The third-order valence-electron chi connectivity index (χ3n) is 18.2. The second-order valence-electron chi connectivity index (χ2n) is 28.1. The molecule has 12 aromatic rings. The van der Waals surface area contributed by atoms with E-state index in [4.69, 9.17) is 18.8 Å². The lowest BCUT2D eigenvalue weighted by molar-refractivity contribution is 0.590. The van der Waals surface area contributed by atoms with Gasteiger partial charge in [0, 0.05) is 45.0 Å². The van der Waals surface area contributed by atoms with E-state index < -0.39 is 21.6 Å². The summed E-state index contributed by atoms with van der Waals surface area (Å²) in [5.41, 5.74) is 19.8. The second-order valence-corrected chi connectivity index (χ2v) is 38.3. The fourth-order valence-electron chi connectivity index (χ4n) is 13.5. The molecule has 2 heterocycles. The van der Waals surface area contributed by atoms with Gasteiger partial charge < -0.3 is 18.6 Å². The molecule has 0 radical (unpaired) electrons. The minimum atomic E-state index is -1.73. The van der Waals surface area contributed by atoms with Gasteiger partial charge in [0.15, 0.2) is 11.2 Å². The van der Waals surface area contributed by atoms with Gasteiger partial charge in [-0.25, -0.2) is 9.97 Å². The van der Waals surface area contributed by atoms with Gasteiger partial charge in [0.25, 0.3) is 0 Å². The summed E-state index contributed by atoms with van der Waals surface area (Å²) < 4.78 is 15.1. The molecule has 2 aliphatic rings. The van der Waals surface area contributed by atoms with Gasteiger partial charge in [-0.1, -0.05) is 200 Å². The molecule has 10 heteroatoms. The molecule has 436 valence electrons. The molecule has 0 amide bonds. The highest BCUT2D eigenvalue weighted by Gasteiger charge is 2.55. The molecule has 0 saturated heterocycles. The first-order valence-corrected chi connectivity index (χ1v) is 37.7. The Balaban J connectivity index is 1.17. The Bertz CT molecular complexity index is 4470. The van der Waals surface area contributed by atoms with E-state index in [1.807, 2.05) is 48.5 Å². The number of nitriles is 2. The van der Waals surface area contributed by atoms with Crippen LogP contribution in [0.1, 0.15) is 86.1 Å². The molecular formula is C79H70N6O2Si2. The fourth-order valence-corrected chi connectivity index (χ4v) is 15.8. The molecule has 1 spiro atoms. The van der Waals surface area contributed by atoms with Crippen LogP contribution >= 0.6 is 0 Å². The van der Waals surface area contributed by atoms with E-state index in [0.29, 0.717) is 56.2 Å². The van der Waals surface area contributed by atoms with Crippen LogP contribution in [0.4, 0.5) is 34.1 Å². The summed E-state index contributed by atoms with van der Waals surface area (Å²) in [5.74, 6) is 0.759. The van der Waals surface area contributed by atoms with Crippen LogP contribution in [0, 0.1) is 22.7 Å². The summed E-state index contributed by atoms with van der Waals surface area (Å²) in [6, 6.07) is 78.5. The summed E-state index contributed by atoms with van der Waals surface area (Å²) in [5, 5.41) is 23.4. The average Bonchev–Trinajstić information content (AvgIpc) is 1.51. The number of benzene rings is 10. The average molecular weight is 1190 g/mol. The van der Waals surface area contributed by atoms with E-state index in [1.165, 1.54) is 21.5 Å². The van der Waals surface area contributed by atoms with Gasteiger partial charge in [0.05, 0.1) is 56.2 Å². The van der Waals surface area contributed by atoms with Gasteiger partial charge in [0.1, 0.15) is 11.0 Å². The van der Waals surface area contributed by atoms with Gasteiger partial charge in [-0.05, 0) is 152 Å². The highest BCUT2D eigenvalue weighted by molar-refractivity contribution is 6.89. The van der Waals surface area contributed by atoms with Crippen molar-refractivity contribution in [2.75, 3.05) is 9.80 Å². The molecule has 0 fully saturated rings. The maximum Gasteiger partial charge on any atom is 0.227 e. The molecule has 0 aliphatic heterocycles. The largest absolute Gasteiger partial charge is 0.435 e. The van der Waals surface area contributed by atoms with Crippen molar-refractivity contribution in [2.45, 2.75) is 97.1 Å². The molecule has 0 unspecified atom stereocenters. The maximum absolute atomic E-state index is 10.3. The maximum atomic E-state index is 10.3. The van der Waals surface area contributed by atoms with Gasteiger partial charge in [-0.3, -0.25) is 0 Å². The first-order chi connectivity index (χ1) is 42.5. The van der Waals surface area contributed by atoms with Gasteiger partial charge >= 0.3 is 0 Å². The van der Waals surface area contributed by atoms with E-state index in [-0.39, 0.29) is 10.8 Å². The molecule has 2 aromatic heterocycles. The third kappa shape index (κ3) is 9.35. The van der Waals surface area contributed by atoms with Crippen LogP contribution in [0.3, 0.4) is 0 Å². The van der Waals surface area contributed by atoms with Crippen molar-refractivity contribution < 1.29 is 8.83 Å². The molecule has 0 saturated carbocycles. The Hall–Kier alpha value is -9.85. The van der Waals surface area contributed by atoms with Crippen LogP contribution in [0.15, 0.2) is 215 Å². The lowest BCUT2D eigenvalue weighted by atomic mass is 9.70. The first kappa shape index (κ1) is 56.9. The summed E-state index contributed by atoms with van der Waals surface area (Å²) >= 11 is 0. The lowest BCUT2D eigenvalue weighted by Crippen LogP contribution is -2.37. The van der Waals surface area contributed by atoms with Gasteiger partial charge in [-0.2, -0.15) is 10.5 Å². The number of anilines is 6. The van der Waals surface area contributed by atoms with Crippen molar-refractivity contribution in [1.29, 1.82) is 10.5 Å². The third-order valence-corrected chi connectivity index (χ3v) is 22.4. The zero-order chi connectivity index (χ0) is 62.1. The van der Waals surface area contributed by atoms with E-state index in [9.17, 15) is 10.5 Å². The summed E-state index contributed by atoms with van der Waals surface area (Å²) in [7, 11) is -3.45. The molecule has 0 N–H and O–H groups in total. The summed E-state index contributed by atoms with van der Waals surface area (Å²) in [6.07, 6.45) is 0. The van der Waals surface area contributed by atoms with Crippen molar-refractivity contribution in [3.8, 4) is 57.3 Å². The van der Waals surface area contributed by atoms with E-state index >= 15 is 0 Å². The molecule has 89 heavy (non-hydrogen) atoms. The molecule has 0 atom stereocenters. The lowest BCUT2D eigenvalue weighted by Gasteiger charge is -2.33. The van der Waals surface area contributed by atoms with Crippen LogP contribution < -0.4 is 20.2 Å². The second kappa shape index (κ2) is 20.6. The Labute approximate surface area is 524 Å². The zero-order valence-corrected chi connectivity index (χ0v) is 54.6. The highest BCUT2D eigenvalue weighted by Crippen LogP contribution is 2.67. The highest BCUT2D eigenvalue weighted by atomic mass is 28.3. The van der Waals surface area contributed by atoms with Crippen molar-refractivity contribution in [2.24, 2.45) is 0 Å². The Morgan fingerprint density at radius 1 is 0.404 bits per heavy atom. The van der Waals surface area contributed by atoms with Crippen molar-refractivity contribution in [3.05, 3.63) is 251 Å². The van der Waals surface area contributed by atoms with Crippen LogP contribution in [0.25, 0.3) is 67.4 Å². The number of fused-ring (bicyclic) bond motifs is 14. The van der Waals surface area contributed by atoms with Crippen LogP contribution in [0.2, 0.25) is 39.3 Å². The standard InChI is InChI=1S/C79H70N6O2Si2/c1-77(2,3)53-27-31-55(32-28-53)84(57-35-39-59(40-36-57)88(7,8)9)67-45-65-69(73-71(67)82-75(86-73)51-21-17-19-49(43-51)47-80)70-66(79(65)63-25-15-13-23-61(63)62-24-14-16-26-64(62)79)46-68(72-74(70)87-76(83-72)52-22-18-20-50(44-52)48-81)85(56-33-29-54(30-34-56)78(4,5)6)58-37-41-60(42-38-58)89(10,11)12/h13-46H,1-12H3. The van der Waals surface area contributed by atoms with Crippen LogP contribution in [0.5, 0.6) is 0 Å². The van der Waals surface area contributed by atoms with Crippen molar-refractivity contribution >= 4 is 82.8 Å². The smallest absolute Gasteiger partial charge is 0.227 e. The molecule has 2 aliphatic carbocycles. The Morgan fingerprint density at radius 2 is 0.753 bits per heavy atom. The van der Waals surface area contributed by atoms with Gasteiger partial charge in [-0.15, -0.1) is 0 Å². The number of hydrogen-bond donors (Lipinski definition) is 0. The number of aromatic nitrogens is 2. The van der Waals surface area contributed by atoms with E-state index in [2.05, 4.69) is 260 Å². The predicted octanol–water partition coefficient (Wildman–Crippen LogP) is 20.0. The zero-order valence-electron chi connectivity index (χ0n) is 52.6. The van der Waals surface area contributed by atoms with Crippen LogP contribution in [-0.2, 0) is 16.2 Å². The van der Waals surface area contributed by atoms with E-state index in [1.54, 1.807) is 0 Å². The number of hydrogen-bond acceptors (Lipinski definition) is 8. The minimum absolute atomic E-state index is 0.0876. The van der Waals surface area contributed by atoms with Crippen molar-refractivity contribution in [3.63, 3.8) is 0 Å². The van der Waals surface area contributed by atoms with Crippen molar-refractivity contribution in [1.82, 2.24) is 9.97 Å². The molecule has 8 nitrogen and oxygen atoms in total. The first-order valence-electron chi connectivity index (χ1n) is 30.7. The normalized spacial score (nSPS) is 13.2. The van der Waals surface area contributed by atoms with Gasteiger partial charge in [0.2, 0.25) is 11.8 Å². The number of rotatable bonds is 10. The molecule has 14 rings (SSSR count). The Morgan fingerprint density at radius 3 is 1.09 bits per heavy atom. The molecule has 10 aromatic carbocycles. The van der Waals surface area contributed by atoms with E-state index in [0.717, 1.165) is 78.6 Å². The predicted molar refractivity (Wildman–Crippen MR) is 371 cm³/mol. The minimum Gasteiger partial charge on any atom is -0.435 e. The SMILES string of the molecule is CC(C)(C)c1ccc(N(c2ccc([Si](C)(C)C)cc2)c2cc3c(c4oc(-c5cccc(C#N)c5)nc24)-c2c(cc(N(c4ccc(C(C)(C)C)cc4)c4ccc([Si](C)(C)C)cc4)c4nc(-c5cccc(C#N)c5)oc24)C32c3ccccc3-c3ccccc32)cc1. The monoisotopic (exact) mass is 1190 g/mol. The van der Waals surface area contributed by atoms with Crippen LogP contribution in [-0.4, -0.2) is 26.1 Å². The Kier molecular flexibility index (Phi) is 13.2. The topological polar surface area (TPSA) is 106 Å². The summed E-state index contributed by atoms with van der Waals surface area (Å²) in [6.45, 7) is 27.8. The number of nitrogens with zero attached hydrogens (tertiary/aromatic N) is 6.